The maximum absolute atomic E-state index is 15.4. The van der Waals surface area contributed by atoms with Crippen molar-refractivity contribution in [3.8, 4) is 5.75 Å². The van der Waals surface area contributed by atoms with Gasteiger partial charge < -0.3 is 9.47 Å². The van der Waals surface area contributed by atoms with Crippen molar-refractivity contribution in [2.45, 2.75) is 24.2 Å². The van der Waals surface area contributed by atoms with Crippen LogP contribution in [0.15, 0.2) is 83.8 Å². The average Bonchev–Trinajstić information content (AvgIpc) is 3.37. The largest absolute Gasteiger partial charge is 0.514 e. The average molecular weight is 1060 g/mol. The molecule has 0 amide bonds. The van der Waals surface area contributed by atoms with Gasteiger partial charge in [-0.15, -0.1) is 21.9 Å². The van der Waals surface area contributed by atoms with Crippen LogP contribution in [0.25, 0.3) is 0 Å². The lowest BCUT2D eigenvalue weighted by Crippen LogP contribution is -2.81. The fourth-order valence-corrected chi connectivity index (χ4v) is 9.10. The van der Waals surface area contributed by atoms with Crippen LogP contribution in [-0.2, 0) is 28.0 Å². The smallest absolute Gasteiger partial charge is 0.429 e. The minimum Gasteiger partial charge on any atom is -0.429 e. The van der Waals surface area contributed by atoms with E-state index in [1.807, 2.05) is 54.6 Å². The summed E-state index contributed by atoms with van der Waals surface area (Å²) in [6.45, 7) is 2.34. The Morgan fingerprint density at radius 2 is 0.722 bits per heavy atom. The van der Waals surface area contributed by atoms with Gasteiger partial charge in [0.25, 0.3) is 0 Å². The van der Waals surface area contributed by atoms with Crippen LogP contribution in [0.2, 0.25) is 0 Å². The monoisotopic (exact) mass is 1060 g/mol. The summed E-state index contributed by atoms with van der Waals surface area (Å²) in [5, 5.41) is 0. The Kier molecular flexibility index (Phi) is 16.0. The molecular weight excluding hydrogens is 1040 g/mol. The molecule has 0 bridgehead atoms. The number of benzene rings is 7. The number of rotatable bonds is 10. The van der Waals surface area contributed by atoms with Gasteiger partial charge in [0.15, 0.2) is 74.7 Å². The van der Waals surface area contributed by atoms with Crippen molar-refractivity contribution < 1.29 is 102 Å². The van der Waals surface area contributed by atoms with Crippen molar-refractivity contribution in [2.75, 3.05) is 6.26 Å². The van der Waals surface area contributed by atoms with E-state index in [0.717, 1.165) is 11.3 Å². The molecule has 7 rings (SSSR count). The van der Waals surface area contributed by atoms with Crippen molar-refractivity contribution in [3.05, 3.63) is 212 Å². The van der Waals surface area contributed by atoms with Crippen LogP contribution in [0.3, 0.4) is 0 Å². The molecule has 0 saturated carbocycles. The van der Waals surface area contributed by atoms with E-state index in [-0.39, 0.29) is 17.5 Å². The molecule has 0 N–H and O–H groups in total. The van der Waals surface area contributed by atoms with Gasteiger partial charge in [0, 0.05) is 16.5 Å². The molecule has 0 aliphatic carbocycles. The minimum atomic E-state index is -7.22. The summed E-state index contributed by atoms with van der Waals surface area (Å²) in [6, 6.07) is 25.7. The summed E-state index contributed by atoms with van der Waals surface area (Å²) < 4.78 is 304. The number of hydrogen-bond donors (Lipinski definition) is 0. The van der Waals surface area contributed by atoms with Crippen LogP contribution in [0.4, 0.5) is 92.6 Å². The normalized spacial score (nSPS) is 11.9. The van der Waals surface area contributed by atoms with Gasteiger partial charge in [-0.3, -0.25) is 0 Å². The highest BCUT2D eigenvalue weighted by Gasteiger charge is 2.52. The fourth-order valence-electron chi connectivity index (χ4n) is 7.55. The van der Waals surface area contributed by atoms with Crippen LogP contribution >= 0.6 is 0 Å². The highest BCUT2D eigenvalue weighted by Crippen LogP contribution is 2.31. The van der Waals surface area contributed by atoms with Crippen molar-refractivity contribution in [3.63, 3.8) is 0 Å². The summed E-state index contributed by atoms with van der Waals surface area (Å²) >= 11 is 0. The van der Waals surface area contributed by atoms with E-state index in [2.05, 4.69) is 37.4 Å². The molecule has 7 aromatic rings. The lowest BCUT2D eigenvalue weighted by molar-refractivity contribution is 0.0927. The number of aryl methyl sites for hydroxylation is 1. The lowest BCUT2D eigenvalue weighted by Gasteiger charge is -2.44. The van der Waals surface area contributed by atoms with Gasteiger partial charge in [0.1, 0.15) is 77.0 Å². The number of carbonyl (C=O) groups excluding carboxylic acids is 1. The maximum atomic E-state index is 15.4. The van der Waals surface area contributed by atoms with Gasteiger partial charge in [0.05, 0.1) is 0 Å². The van der Waals surface area contributed by atoms with Gasteiger partial charge in [-0.2, -0.15) is 0 Å². The summed E-state index contributed by atoms with van der Waals surface area (Å²) in [5.74, 6) is -69.9. The van der Waals surface area contributed by atoms with E-state index in [4.69, 9.17) is 9.47 Å². The molecule has 72 heavy (non-hydrogen) atoms. The van der Waals surface area contributed by atoms with Crippen LogP contribution in [0.5, 0.6) is 5.75 Å². The summed E-state index contributed by atoms with van der Waals surface area (Å²) in [4.78, 5) is 13.1. The number of hydrogen-bond acceptors (Lipinski definition) is 3. The molecule has 0 radical (unpaired) electrons. The van der Waals surface area contributed by atoms with Crippen LogP contribution < -0.4 is 26.6 Å². The first-order chi connectivity index (χ1) is 33.8. The molecule has 0 saturated heterocycles. The minimum absolute atomic E-state index is 0.0843. The summed E-state index contributed by atoms with van der Waals surface area (Å²) in [6.07, 6.45) is -5.68. The molecule has 1 unspecified atom stereocenters. The Labute approximate surface area is 394 Å². The number of carbonyl (C=O) groups is 1. The van der Waals surface area contributed by atoms with E-state index in [1.54, 1.807) is 0 Å². The van der Waals surface area contributed by atoms with Gasteiger partial charge in [0.2, 0.25) is 0 Å². The third kappa shape index (κ3) is 9.52. The zero-order chi connectivity index (χ0) is 53.4. The molecule has 0 aliphatic heterocycles. The Bertz CT molecular complexity index is 2870. The Morgan fingerprint density at radius 3 is 1.06 bits per heavy atom. The van der Waals surface area contributed by atoms with Crippen LogP contribution in [0, 0.1) is 123 Å². The van der Waals surface area contributed by atoms with E-state index in [9.17, 15) is 57.5 Å². The first kappa shape index (κ1) is 54.2. The van der Waals surface area contributed by atoms with E-state index < -0.39 is 150 Å². The van der Waals surface area contributed by atoms with E-state index >= 15 is 35.1 Å². The SMILES string of the molecule is Cc1ccccc1C[S+](C)c1ccc(OC(=O)OCc2ccccc2)cc1.Fc1c(F)c(F)c([B-](c2c(F)c(F)c(F)c(F)c2F)(c2c(F)c(F)c(F)c(F)c2F)c2c(F)c(F)c(F)c(F)c2F)c(F)c1F. The second-order valence-electron chi connectivity index (χ2n) is 15.1. The lowest BCUT2D eigenvalue weighted by atomic mass is 9.12. The number of ether oxygens (including phenoxy) is 2. The van der Waals surface area contributed by atoms with Crippen molar-refractivity contribution in [1.82, 2.24) is 0 Å². The predicted molar refractivity (Wildman–Crippen MR) is 219 cm³/mol. The van der Waals surface area contributed by atoms with Crippen molar-refractivity contribution in [2.24, 2.45) is 0 Å². The molecule has 0 spiro atoms. The summed E-state index contributed by atoms with van der Waals surface area (Å²) in [5.41, 5.74) is -10.7. The first-order valence-corrected chi connectivity index (χ1v) is 21.5. The first-order valence-electron chi connectivity index (χ1n) is 19.7. The van der Waals surface area contributed by atoms with Crippen LogP contribution in [-0.4, -0.2) is 18.6 Å². The van der Waals surface area contributed by atoms with Gasteiger partial charge in [-0.1, -0.05) is 54.6 Å². The van der Waals surface area contributed by atoms with Crippen molar-refractivity contribution >= 4 is 45.0 Å². The Balaban J connectivity index is 0.000000266. The Morgan fingerprint density at radius 1 is 0.417 bits per heavy atom. The van der Waals surface area contributed by atoms with E-state index in [1.165, 1.54) is 16.0 Å². The number of halogens is 20. The van der Waals surface area contributed by atoms with Gasteiger partial charge in [-0.05, 0) is 42.3 Å². The highest BCUT2D eigenvalue weighted by atomic mass is 32.2. The maximum Gasteiger partial charge on any atom is 0.514 e. The second-order valence-corrected chi connectivity index (χ2v) is 17.1. The molecule has 3 nitrogen and oxygen atoms in total. The standard InChI is InChI=1S/C24BF20.C23H23O3S/c26-5-1(6(27)14(35)21(42)13(5)34)25(2-7(28)15(36)22(43)16(37)8(2)29,3-9(30)17(38)23(44)18(39)10(3)31)4-11(32)19(40)24(45)20(41)12(4)33;1-18-8-6-7-11-20(18)17-27(2)22-14-12-21(13-15-22)26-23(24)25-16-19-9-4-3-5-10-19/h;3-15H,16-17H2,1-2H3/q-1;+1. The molecule has 25 heteroatoms. The molecule has 0 aromatic heterocycles. The molecule has 1 atom stereocenters. The zero-order valence-electron chi connectivity index (χ0n) is 35.7. The molecule has 0 aliphatic rings. The second kappa shape index (κ2) is 21.3. The molecular formula is C47H23BF20O3S. The van der Waals surface area contributed by atoms with E-state index in [0.29, 0.717) is 5.75 Å². The molecule has 0 heterocycles. The predicted octanol–water partition coefficient (Wildman–Crippen LogP) is 11.4. The van der Waals surface area contributed by atoms with Gasteiger partial charge in [-0.25, -0.2) is 92.6 Å². The Hall–Kier alpha value is -7.18. The topological polar surface area (TPSA) is 35.5 Å². The molecule has 378 valence electrons. The summed E-state index contributed by atoms with van der Waals surface area (Å²) in [7, 11) is 0.0843. The quantitative estimate of drug-likeness (QED) is 0.0260. The fraction of sp³-hybridized carbons (Fsp3) is 0.0851. The molecule has 0 fully saturated rings. The third-order valence-electron chi connectivity index (χ3n) is 11.0. The zero-order valence-corrected chi connectivity index (χ0v) is 36.5. The third-order valence-corrected chi connectivity index (χ3v) is 12.8. The van der Waals surface area contributed by atoms with Gasteiger partial charge >= 0.3 is 6.16 Å². The molecule has 7 aromatic carbocycles. The highest BCUT2D eigenvalue weighted by molar-refractivity contribution is 7.95. The van der Waals surface area contributed by atoms with Crippen LogP contribution in [0.1, 0.15) is 16.7 Å². The van der Waals surface area contributed by atoms with Crippen molar-refractivity contribution in [1.29, 1.82) is 0 Å².